The minimum atomic E-state index is 0.00151. The summed E-state index contributed by atoms with van der Waals surface area (Å²) in [6, 6.07) is 16.4. The lowest BCUT2D eigenvalue weighted by Crippen LogP contribution is -2.62. The standard InChI is InChI=1S/C26H26N6O2S/c1-30-23-8-7-18(11-21(23)24(29-30)17-5-3-2-4-6-17)25(33)32-13-20(14-32)28-19-9-10-31(12-19)26(34)22-15-35-16-27-22/h2-8,11,15-16,19-20,28H,9-10,12-14H2,1H3. The van der Waals surface area contributed by atoms with Gasteiger partial charge in [0.2, 0.25) is 0 Å². The summed E-state index contributed by atoms with van der Waals surface area (Å²) < 4.78 is 1.86. The molecule has 1 unspecified atom stereocenters. The van der Waals surface area contributed by atoms with Gasteiger partial charge in [0, 0.05) is 67.2 Å². The molecule has 0 aliphatic carbocycles. The van der Waals surface area contributed by atoms with Crippen molar-refractivity contribution in [3.05, 3.63) is 70.7 Å². The first-order chi connectivity index (χ1) is 17.1. The molecule has 2 aromatic carbocycles. The summed E-state index contributed by atoms with van der Waals surface area (Å²) in [6.45, 7) is 2.76. The maximum atomic E-state index is 13.2. The molecule has 2 aliphatic rings. The highest BCUT2D eigenvalue weighted by molar-refractivity contribution is 7.07. The summed E-state index contributed by atoms with van der Waals surface area (Å²) >= 11 is 1.44. The summed E-state index contributed by atoms with van der Waals surface area (Å²) in [5, 5.41) is 11.1. The molecular formula is C26H26N6O2S. The van der Waals surface area contributed by atoms with Crippen molar-refractivity contribution >= 4 is 34.1 Å². The molecule has 2 fully saturated rings. The minimum absolute atomic E-state index is 0.00151. The van der Waals surface area contributed by atoms with Crippen molar-refractivity contribution in [2.24, 2.45) is 7.05 Å². The van der Waals surface area contributed by atoms with E-state index in [1.807, 2.05) is 70.1 Å². The fourth-order valence-electron chi connectivity index (χ4n) is 5.03. The first-order valence-electron chi connectivity index (χ1n) is 11.8. The van der Waals surface area contributed by atoms with Crippen LogP contribution in [0.1, 0.15) is 27.3 Å². The number of fused-ring (bicyclic) bond motifs is 1. The lowest BCUT2D eigenvalue weighted by molar-refractivity contribution is 0.0553. The molecule has 1 N–H and O–H groups in total. The zero-order valence-electron chi connectivity index (χ0n) is 19.4. The average Bonchev–Trinajstić information content (AvgIpc) is 3.62. The Balaban J connectivity index is 1.09. The molecule has 2 aromatic heterocycles. The number of amides is 2. The largest absolute Gasteiger partial charge is 0.336 e. The molecule has 178 valence electrons. The van der Waals surface area contributed by atoms with E-state index in [0.717, 1.165) is 35.1 Å². The van der Waals surface area contributed by atoms with Crippen LogP contribution in [0.15, 0.2) is 59.4 Å². The zero-order valence-corrected chi connectivity index (χ0v) is 20.2. The van der Waals surface area contributed by atoms with Gasteiger partial charge >= 0.3 is 0 Å². The lowest BCUT2D eigenvalue weighted by atomic mass is 10.0. The molecule has 8 nitrogen and oxygen atoms in total. The van der Waals surface area contributed by atoms with Gasteiger partial charge in [-0.05, 0) is 24.6 Å². The van der Waals surface area contributed by atoms with Gasteiger partial charge in [-0.25, -0.2) is 4.98 Å². The Morgan fingerprint density at radius 3 is 2.57 bits per heavy atom. The average molecular weight is 487 g/mol. The molecule has 2 aliphatic heterocycles. The van der Waals surface area contributed by atoms with Gasteiger partial charge in [-0.1, -0.05) is 30.3 Å². The third-order valence-corrected chi connectivity index (χ3v) is 7.50. The second-order valence-corrected chi connectivity index (χ2v) is 9.97. The highest BCUT2D eigenvalue weighted by Crippen LogP contribution is 2.29. The van der Waals surface area contributed by atoms with Crippen molar-refractivity contribution in [1.29, 1.82) is 0 Å². The smallest absolute Gasteiger partial charge is 0.273 e. The first-order valence-corrected chi connectivity index (χ1v) is 12.8. The SMILES string of the molecule is Cn1nc(-c2ccccc2)c2cc(C(=O)N3CC(NC4CCN(C(=O)c5cscn5)C4)C3)ccc21. The molecule has 2 amide bonds. The van der Waals surface area contributed by atoms with Gasteiger partial charge < -0.3 is 15.1 Å². The molecule has 0 saturated carbocycles. The first kappa shape index (κ1) is 21.9. The number of aryl methyl sites for hydroxylation is 1. The fourth-order valence-corrected chi connectivity index (χ4v) is 5.56. The van der Waals surface area contributed by atoms with E-state index in [2.05, 4.69) is 10.3 Å². The summed E-state index contributed by atoms with van der Waals surface area (Å²) in [4.78, 5) is 33.6. The number of thiazole rings is 1. The Morgan fingerprint density at radius 1 is 1.00 bits per heavy atom. The number of hydrogen-bond acceptors (Lipinski definition) is 6. The van der Waals surface area contributed by atoms with Crippen LogP contribution in [0.3, 0.4) is 0 Å². The van der Waals surface area contributed by atoms with Crippen molar-refractivity contribution in [3.8, 4) is 11.3 Å². The summed E-state index contributed by atoms with van der Waals surface area (Å²) in [7, 11) is 1.93. The maximum Gasteiger partial charge on any atom is 0.273 e. The number of carbonyl (C=O) groups is 2. The van der Waals surface area contributed by atoms with Gasteiger partial charge in [-0.3, -0.25) is 14.3 Å². The molecule has 4 aromatic rings. The highest BCUT2D eigenvalue weighted by atomic mass is 32.1. The van der Waals surface area contributed by atoms with Crippen LogP contribution in [0, 0.1) is 0 Å². The van der Waals surface area contributed by atoms with Crippen LogP contribution in [-0.2, 0) is 7.05 Å². The van der Waals surface area contributed by atoms with Crippen LogP contribution >= 0.6 is 11.3 Å². The Bertz CT molecular complexity index is 1380. The van der Waals surface area contributed by atoms with E-state index in [1.54, 1.807) is 10.9 Å². The van der Waals surface area contributed by atoms with Crippen LogP contribution in [0.2, 0.25) is 0 Å². The van der Waals surface area contributed by atoms with E-state index >= 15 is 0 Å². The quantitative estimate of drug-likeness (QED) is 0.469. The Morgan fingerprint density at radius 2 is 1.80 bits per heavy atom. The molecule has 0 spiro atoms. The number of nitrogens with one attached hydrogen (secondary N) is 1. The number of nitrogens with zero attached hydrogens (tertiary/aromatic N) is 5. The second kappa shape index (κ2) is 8.90. The number of likely N-dealkylation sites (tertiary alicyclic amines) is 2. The van der Waals surface area contributed by atoms with Crippen molar-refractivity contribution < 1.29 is 9.59 Å². The fraction of sp³-hybridized carbons (Fsp3) is 0.308. The lowest BCUT2D eigenvalue weighted by Gasteiger charge is -2.41. The number of rotatable bonds is 5. The van der Waals surface area contributed by atoms with Crippen molar-refractivity contribution in [2.75, 3.05) is 26.2 Å². The number of benzene rings is 2. The van der Waals surface area contributed by atoms with Crippen LogP contribution in [-0.4, -0.2) is 74.6 Å². The molecular weight excluding hydrogens is 460 g/mol. The molecule has 35 heavy (non-hydrogen) atoms. The molecule has 1 atom stereocenters. The predicted octanol–water partition coefficient (Wildman–Crippen LogP) is 3.03. The molecule has 0 radical (unpaired) electrons. The topological polar surface area (TPSA) is 83.4 Å². The molecule has 0 bridgehead atoms. The van der Waals surface area contributed by atoms with Gasteiger partial charge in [0.1, 0.15) is 11.4 Å². The van der Waals surface area contributed by atoms with Crippen LogP contribution in [0.5, 0.6) is 0 Å². The van der Waals surface area contributed by atoms with E-state index in [1.165, 1.54) is 11.3 Å². The van der Waals surface area contributed by atoms with Gasteiger partial charge in [-0.15, -0.1) is 11.3 Å². The molecule has 4 heterocycles. The Kier molecular flexibility index (Phi) is 5.58. The third kappa shape index (κ3) is 4.11. The van der Waals surface area contributed by atoms with E-state index in [-0.39, 0.29) is 23.9 Å². The third-order valence-electron chi connectivity index (χ3n) is 6.91. The minimum Gasteiger partial charge on any atom is -0.336 e. The monoisotopic (exact) mass is 486 g/mol. The summed E-state index contributed by atoms with van der Waals surface area (Å²) in [5.41, 5.74) is 5.82. The van der Waals surface area contributed by atoms with E-state index in [4.69, 9.17) is 5.10 Å². The second-order valence-electron chi connectivity index (χ2n) is 9.25. The van der Waals surface area contributed by atoms with Crippen molar-refractivity contribution in [2.45, 2.75) is 18.5 Å². The van der Waals surface area contributed by atoms with E-state index in [9.17, 15) is 9.59 Å². The molecule has 2 saturated heterocycles. The van der Waals surface area contributed by atoms with Gasteiger partial charge in [-0.2, -0.15) is 5.10 Å². The maximum absolute atomic E-state index is 13.2. The molecule has 9 heteroatoms. The predicted molar refractivity (Wildman–Crippen MR) is 135 cm³/mol. The van der Waals surface area contributed by atoms with Gasteiger partial charge in [0.15, 0.2) is 0 Å². The van der Waals surface area contributed by atoms with Gasteiger partial charge in [0.05, 0.1) is 11.0 Å². The zero-order chi connectivity index (χ0) is 23.9. The van der Waals surface area contributed by atoms with Gasteiger partial charge in [0.25, 0.3) is 11.8 Å². The van der Waals surface area contributed by atoms with E-state index < -0.39 is 0 Å². The van der Waals surface area contributed by atoms with Crippen LogP contribution < -0.4 is 5.32 Å². The Labute approximate surface area is 207 Å². The Hall–Kier alpha value is -3.56. The summed E-state index contributed by atoms with van der Waals surface area (Å²) in [5.74, 6) is 0.0428. The van der Waals surface area contributed by atoms with Crippen molar-refractivity contribution in [1.82, 2.24) is 29.9 Å². The summed E-state index contributed by atoms with van der Waals surface area (Å²) in [6.07, 6.45) is 0.917. The van der Waals surface area contributed by atoms with E-state index in [0.29, 0.717) is 30.9 Å². The van der Waals surface area contributed by atoms with Crippen LogP contribution in [0.25, 0.3) is 22.2 Å². The van der Waals surface area contributed by atoms with Crippen molar-refractivity contribution in [3.63, 3.8) is 0 Å². The number of carbonyl (C=O) groups excluding carboxylic acids is 2. The highest BCUT2D eigenvalue weighted by Gasteiger charge is 2.35. The normalized spacial score (nSPS) is 18.3. The van der Waals surface area contributed by atoms with Crippen LogP contribution in [0.4, 0.5) is 0 Å². The molecule has 6 rings (SSSR count). The number of aromatic nitrogens is 3. The number of hydrogen-bond donors (Lipinski definition) is 1.